The maximum Gasteiger partial charge on any atom is 0.326 e. The minimum atomic E-state index is -1.02. The van der Waals surface area contributed by atoms with E-state index in [1.165, 1.54) is 17.5 Å². The van der Waals surface area contributed by atoms with E-state index >= 15 is 0 Å². The lowest BCUT2D eigenvalue weighted by atomic mass is 10.1. The molecule has 0 aliphatic rings. The molecular weight excluding hydrogens is 288 g/mol. The van der Waals surface area contributed by atoms with Gasteiger partial charge < -0.3 is 10.4 Å². The monoisotopic (exact) mass is 304 g/mol. The summed E-state index contributed by atoms with van der Waals surface area (Å²) >= 11 is 1.25. The van der Waals surface area contributed by atoms with Crippen molar-refractivity contribution in [2.24, 2.45) is 0 Å². The van der Waals surface area contributed by atoms with Gasteiger partial charge in [-0.1, -0.05) is 43.7 Å². The number of carbonyl (C=O) groups is 2. The average molecular weight is 304 g/mol. The lowest BCUT2D eigenvalue weighted by molar-refractivity contribution is -0.139. The van der Waals surface area contributed by atoms with Gasteiger partial charge in [0.1, 0.15) is 15.9 Å². The molecule has 2 aromatic rings. The maximum atomic E-state index is 12.1. The summed E-state index contributed by atoms with van der Waals surface area (Å²) in [5.41, 5.74) is 0.935. The van der Waals surface area contributed by atoms with Gasteiger partial charge in [-0.05, 0) is 6.42 Å². The van der Waals surface area contributed by atoms with Gasteiger partial charge in [0.05, 0.1) is 6.20 Å². The number of carboxylic acid groups (broad SMARTS) is 1. The highest BCUT2D eigenvalue weighted by molar-refractivity contribution is 7.16. The standard InChI is InChI=1S/C15H16N2O3S/c1-2-6-11(15(19)20)17-13(18)12-9-16-14(21-12)10-7-4-3-5-8-10/h3-5,7-9,11H,2,6H2,1H3,(H,17,18)(H,19,20). The first kappa shape index (κ1) is 15.2. The predicted molar refractivity (Wildman–Crippen MR) is 81.3 cm³/mol. The van der Waals surface area contributed by atoms with Crippen LogP contribution in [0.15, 0.2) is 36.5 Å². The van der Waals surface area contributed by atoms with E-state index in [-0.39, 0.29) is 0 Å². The number of carboxylic acids is 1. The highest BCUT2D eigenvalue weighted by Crippen LogP contribution is 2.24. The Morgan fingerprint density at radius 1 is 1.33 bits per heavy atom. The van der Waals surface area contributed by atoms with Crippen molar-refractivity contribution in [3.63, 3.8) is 0 Å². The summed E-state index contributed by atoms with van der Waals surface area (Å²) in [5, 5.41) is 12.3. The van der Waals surface area contributed by atoms with Crippen molar-refractivity contribution in [2.45, 2.75) is 25.8 Å². The third-order valence-electron chi connectivity index (χ3n) is 2.93. The minimum Gasteiger partial charge on any atom is -0.480 e. The fourth-order valence-corrected chi connectivity index (χ4v) is 2.69. The molecule has 2 N–H and O–H groups in total. The van der Waals surface area contributed by atoms with E-state index in [0.717, 1.165) is 10.6 Å². The van der Waals surface area contributed by atoms with E-state index in [9.17, 15) is 9.59 Å². The third-order valence-corrected chi connectivity index (χ3v) is 3.98. The molecule has 1 heterocycles. The van der Waals surface area contributed by atoms with Gasteiger partial charge in [-0.3, -0.25) is 4.79 Å². The van der Waals surface area contributed by atoms with Crippen LogP contribution in [0.1, 0.15) is 29.4 Å². The lowest BCUT2D eigenvalue weighted by Gasteiger charge is -2.12. The fraction of sp³-hybridized carbons (Fsp3) is 0.267. The largest absolute Gasteiger partial charge is 0.480 e. The zero-order valence-corrected chi connectivity index (χ0v) is 12.4. The summed E-state index contributed by atoms with van der Waals surface area (Å²) in [5.74, 6) is -1.41. The lowest BCUT2D eigenvalue weighted by Crippen LogP contribution is -2.40. The Labute approximate surface area is 126 Å². The summed E-state index contributed by atoms with van der Waals surface area (Å²) in [6.07, 6.45) is 2.58. The Morgan fingerprint density at radius 3 is 2.67 bits per heavy atom. The number of hydrogen-bond donors (Lipinski definition) is 2. The fourth-order valence-electron chi connectivity index (χ4n) is 1.87. The second kappa shape index (κ2) is 6.99. The van der Waals surface area contributed by atoms with E-state index in [4.69, 9.17) is 5.11 Å². The summed E-state index contributed by atoms with van der Waals surface area (Å²) in [7, 11) is 0. The molecule has 0 saturated heterocycles. The van der Waals surface area contributed by atoms with E-state index in [2.05, 4.69) is 10.3 Å². The van der Waals surface area contributed by atoms with Gasteiger partial charge in [-0.15, -0.1) is 11.3 Å². The second-order valence-electron chi connectivity index (χ2n) is 4.55. The first-order valence-corrected chi connectivity index (χ1v) is 7.48. The number of hydrogen-bond acceptors (Lipinski definition) is 4. The Kier molecular flexibility index (Phi) is 5.05. The molecular formula is C15H16N2O3S. The summed E-state index contributed by atoms with van der Waals surface area (Å²) in [6.45, 7) is 1.88. The van der Waals surface area contributed by atoms with Gasteiger partial charge in [0.25, 0.3) is 5.91 Å². The molecule has 0 fully saturated rings. The van der Waals surface area contributed by atoms with Crippen molar-refractivity contribution < 1.29 is 14.7 Å². The average Bonchev–Trinajstić information content (AvgIpc) is 2.97. The minimum absolute atomic E-state index is 0.393. The zero-order valence-electron chi connectivity index (χ0n) is 11.6. The molecule has 1 aromatic carbocycles. The van der Waals surface area contributed by atoms with E-state index in [0.29, 0.717) is 17.7 Å². The first-order chi connectivity index (χ1) is 10.1. The van der Waals surface area contributed by atoms with Crippen LogP contribution in [0, 0.1) is 0 Å². The number of aliphatic carboxylic acids is 1. The summed E-state index contributed by atoms with van der Waals surface area (Å²) in [6, 6.07) is 8.68. The van der Waals surface area contributed by atoms with Crippen molar-refractivity contribution >= 4 is 23.2 Å². The zero-order chi connectivity index (χ0) is 15.2. The normalized spacial score (nSPS) is 11.9. The molecule has 1 atom stereocenters. The molecule has 2 rings (SSSR count). The van der Waals surface area contributed by atoms with Gasteiger partial charge in [0.2, 0.25) is 0 Å². The quantitative estimate of drug-likeness (QED) is 0.860. The summed E-state index contributed by atoms with van der Waals surface area (Å²) in [4.78, 5) is 27.8. The number of amides is 1. The van der Waals surface area contributed by atoms with E-state index in [1.807, 2.05) is 37.3 Å². The Balaban J connectivity index is 2.10. The van der Waals surface area contributed by atoms with Crippen LogP contribution in [0.2, 0.25) is 0 Å². The highest BCUT2D eigenvalue weighted by atomic mass is 32.1. The van der Waals surface area contributed by atoms with Crippen LogP contribution in [0.5, 0.6) is 0 Å². The van der Waals surface area contributed by atoms with Gasteiger partial charge in [0, 0.05) is 5.56 Å². The molecule has 6 heteroatoms. The second-order valence-corrected chi connectivity index (χ2v) is 5.58. The number of thiazole rings is 1. The molecule has 0 aliphatic carbocycles. The van der Waals surface area contributed by atoms with Crippen molar-refractivity contribution in [2.75, 3.05) is 0 Å². The van der Waals surface area contributed by atoms with Crippen LogP contribution in [0.3, 0.4) is 0 Å². The molecule has 1 amide bonds. The smallest absolute Gasteiger partial charge is 0.326 e. The Hall–Kier alpha value is -2.21. The number of nitrogens with zero attached hydrogens (tertiary/aromatic N) is 1. The number of carbonyl (C=O) groups excluding carboxylic acids is 1. The number of nitrogens with one attached hydrogen (secondary N) is 1. The molecule has 0 spiro atoms. The molecule has 1 aromatic heterocycles. The van der Waals surface area contributed by atoms with Crippen molar-refractivity contribution in [1.29, 1.82) is 0 Å². The molecule has 0 radical (unpaired) electrons. The van der Waals surface area contributed by atoms with Crippen molar-refractivity contribution in [3.05, 3.63) is 41.4 Å². The van der Waals surface area contributed by atoms with E-state index < -0.39 is 17.9 Å². The van der Waals surface area contributed by atoms with Crippen LogP contribution in [-0.4, -0.2) is 28.0 Å². The molecule has 110 valence electrons. The molecule has 21 heavy (non-hydrogen) atoms. The van der Waals surface area contributed by atoms with Crippen molar-refractivity contribution in [3.8, 4) is 10.6 Å². The maximum absolute atomic E-state index is 12.1. The van der Waals surface area contributed by atoms with Crippen molar-refractivity contribution in [1.82, 2.24) is 10.3 Å². The number of benzene rings is 1. The molecule has 0 aliphatic heterocycles. The Bertz CT molecular complexity index is 625. The number of rotatable bonds is 6. The van der Waals surface area contributed by atoms with Crippen LogP contribution in [-0.2, 0) is 4.79 Å². The van der Waals surface area contributed by atoms with Crippen LogP contribution in [0.4, 0.5) is 0 Å². The topological polar surface area (TPSA) is 79.3 Å². The van der Waals surface area contributed by atoms with Crippen LogP contribution < -0.4 is 5.32 Å². The highest BCUT2D eigenvalue weighted by Gasteiger charge is 2.21. The van der Waals surface area contributed by atoms with E-state index in [1.54, 1.807) is 0 Å². The van der Waals surface area contributed by atoms with Crippen LogP contribution in [0.25, 0.3) is 10.6 Å². The van der Waals surface area contributed by atoms with Gasteiger partial charge in [-0.25, -0.2) is 9.78 Å². The number of aromatic nitrogens is 1. The van der Waals surface area contributed by atoms with Gasteiger partial charge in [0.15, 0.2) is 0 Å². The SMILES string of the molecule is CCCC(NC(=O)c1cnc(-c2ccccc2)s1)C(=O)O. The third kappa shape index (κ3) is 3.88. The molecule has 1 unspecified atom stereocenters. The molecule has 0 bridgehead atoms. The van der Waals surface area contributed by atoms with Gasteiger partial charge >= 0.3 is 5.97 Å². The van der Waals surface area contributed by atoms with Crippen LogP contribution >= 0.6 is 11.3 Å². The molecule has 0 saturated carbocycles. The first-order valence-electron chi connectivity index (χ1n) is 6.66. The summed E-state index contributed by atoms with van der Waals surface area (Å²) < 4.78 is 0. The predicted octanol–water partition coefficient (Wildman–Crippen LogP) is 2.79. The Morgan fingerprint density at radius 2 is 2.05 bits per heavy atom. The van der Waals surface area contributed by atoms with Gasteiger partial charge in [-0.2, -0.15) is 0 Å². The molecule has 5 nitrogen and oxygen atoms in total.